The van der Waals surface area contributed by atoms with Gasteiger partial charge in [-0.3, -0.25) is 4.79 Å². The lowest BCUT2D eigenvalue weighted by molar-refractivity contribution is 0.0945. The number of hydrogen-bond donors (Lipinski definition) is 1. The lowest BCUT2D eigenvalue weighted by Crippen LogP contribution is -2.31. The number of nitrogens with one attached hydrogen (secondary N) is 1. The second-order valence-corrected chi connectivity index (χ2v) is 6.60. The smallest absolute Gasteiger partial charge is 0.252 e. The summed E-state index contributed by atoms with van der Waals surface area (Å²) < 4.78 is 0.924. The van der Waals surface area contributed by atoms with Gasteiger partial charge in [-0.15, -0.1) is 0 Å². The predicted octanol–water partition coefficient (Wildman–Crippen LogP) is 3.85. The van der Waals surface area contributed by atoms with Crippen LogP contribution in [0.5, 0.6) is 0 Å². The van der Waals surface area contributed by atoms with Crippen molar-refractivity contribution in [2.24, 2.45) is 5.41 Å². The van der Waals surface area contributed by atoms with Crippen molar-refractivity contribution in [3.05, 3.63) is 32.4 Å². The number of hydrogen-bond acceptors (Lipinski definition) is 1. The molecule has 1 aromatic rings. The molecule has 0 saturated heterocycles. The lowest BCUT2D eigenvalue weighted by atomic mass is 10.1. The highest BCUT2D eigenvalue weighted by Crippen LogP contribution is 2.46. The maximum absolute atomic E-state index is 12.0. The summed E-state index contributed by atoms with van der Waals surface area (Å²) in [4.78, 5) is 12.0. The third-order valence-electron chi connectivity index (χ3n) is 3.04. The molecule has 1 aliphatic rings. The highest BCUT2D eigenvalue weighted by Gasteiger charge is 2.41. The molecule has 92 valence electrons. The van der Waals surface area contributed by atoms with Gasteiger partial charge in [0.05, 0.1) is 5.56 Å². The van der Waals surface area contributed by atoms with Crippen LogP contribution in [0.2, 0.25) is 5.02 Å². The predicted molar refractivity (Wildman–Crippen MR) is 82.0 cm³/mol. The summed E-state index contributed by atoms with van der Waals surface area (Å²) in [6.45, 7) is 0.736. The van der Waals surface area contributed by atoms with Crippen molar-refractivity contribution in [1.82, 2.24) is 5.32 Å². The molecule has 1 amide bonds. The summed E-state index contributed by atoms with van der Waals surface area (Å²) >= 11 is 11.5. The zero-order valence-corrected chi connectivity index (χ0v) is 13.6. The largest absolute Gasteiger partial charge is 0.351 e. The number of carbonyl (C=O) groups excluding carboxylic acids is 1. The monoisotopic (exact) mass is 427 g/mol. The molecular formula is C12H12BrClINO. The molecule has 0 heterocycles. The second kappa shape index (κ2) is 5.45. The van der Waals surface area contributed by atoms with Crippen molar-refractivity contribution in [3.8, 4) is 0 Å². The molecule has 2 nitrogen and oxygen atoms in total. The fourth-order valence-corrected chi connectivity index (χ4v) is 3.08. The topological polar surface area (TPSA) is 29.1 Å². The summed E-state index contributed by atoms with van der Waals surface area (Å²) in [5.74, 6) is -0.0378. The van der Waals surface area contributed by atoms with Gasteiger partial charge in [-0.1, -0.05) is 27.5 Å². The van der Waals surface area contributed by atoms with E-state index in [1.165, 1.54) is 12.8 Å². The maximum atomic E-state index is 12.0. The summed E-state index contributed by atoms with van der Waals surface area (Å²) in [6, 6.07) is 5.36. The number of amides is 1. The van der Waals surface area contributed by atoms with Crippen molar-refractivity contribution in [2.45, 2.75) is 12.8 Å². The molecule has 1 fully saturated rings. The number of rotatable bonds is 4. The van der Waals surface area contributed by atoms with E-state index < -0.39 is 0 Å². The minimum atomic E-state index is -0.0378. The molecule has 0 spiro atoms. The first-order valence-electron chi connectivity index (χ1n) is 5.36. The molecule has 1 saturated carbocycles. The quantitative estimate of drug-likeness (QED) is 0.573. The fourth-order valence-electron chi connectivity index (χ4n) is 1.57. The standard InChI is InChI=1S/C12H12BrClINO/c13-6-12(3-4-12)7-16-11(17)9-5-8(14)1-2-10(9)15/h1-2,5H,3-4,6-7H2,(H,16,17). The number of halogens is 3. The molecule has 5 heteroatoms. The van der Waals surface area contributed by atoms with Crippen LogP contribution in [0.25, 0.3) is 0 Å². The van der Waals surface area contributed by atoms with Crippen molar-refractivity contribution in [1.29, 1.82) is 0 Å². The van der Waals surface area contributed by atoms with E-state index in [1.807, 2.05) is 6.07 Å². The fraction of sp³-hybridized carbons (Fsp3) is 0.417. The highest BCUT2D eigenvalue weighted by molar-refractivity contribution is 14.1. The van der Waals surface area contributed by atoms with Gasteiger partial charge < -0.3 is 5.32 Å². The Bertz CT molecular complexity index is 448. The first-order chi connectivity index (χ1) is 8.06. The normalized spacial score (nSPS) is 16.6. The van der Waals surface area contributed by atoms with Gasteiger partial charge in [0.1, 0.15) is 0 Å². The van der Waals surface area contributed by atoms with Gasteiger partial charge in [0.15, 0.2) is 0 Å². The summed E-state index contributed by atoms with van der Waals surface area (Å²) in [7, 11) is 0. The van der Waals surface area contributed by atoms with Gasteiger partial charge in [-0.05, 0) is 59.0 Å². The molecule has 0 aliphatic heterocycles. The Morgan fingerprint density at radius 1 is 1.53 bits per heavy atom. The SMILES string of the molecule is O=C(NCC1(CBr)CC1)c1cc(Cl)ccc1I. The minimum absolute atomic E-state index is 0.0378. The minimum Gasteiger partial charge on any atom is -0.351 e. The van der Waals surface area contributed by atoms with E-state index in [2.05, 4.69) is 43.8 Å². The van der Waals surface area contributed by atoms with Crippen LogP contribution in [0.3, 0.4) is 0 Å². The van der Waals surface area contributed by atoms with Gasteiger partial charge in [0.2, 0.25) is 0 Å². The third-order valence-corrected chi connectivity index (χ3v) is 5.40. The van der Waals surface area contributed by atoms with E-state index in [4.69, 9.17) is 11.6 Å². The van der Waals surface area contributed by atoms with Crippen molar-refractivity contribution >= 4 is 56.0 Å². The highest BCUT2D eigenvalue weighted by atomic mass is 127. The Kier molecular flexibility index (Phi) is 4.36. The van der Waals surface area contributed by atoms with E-state index in [0.29, 0.717) is 16.0 Å². The Morgan fingerprint density at radius 3 is 2.82 bits per heavy atom. The van der Waals surface area contributed by atoms with E-state index in [0.717, 1.165) is 15.4 Å². The number of carbonyl (C=O) groups is 1. The summed E-state index contributed by atoms with van der Waals surface area (Å²) in [6.07, 6.45) is 2.37. The van der Waals surface area contributed by atoms with Gasteiger partial charge in [-0.2, -0.15) is 0 Å². The van der Waals surface area contributed by atoms with Crippen LogP contribution in [0.1, 0.15) is 23.2 Å². The third kappa shape index (κ3) is 3.35. The van der Waals surface area contributed by atoms with Crippen LogP contribution in [-0.2, 0) is 0 Å². The van der Waals surface area contributed by atoms with Gasteiger partial charge in [0.25, 0.3) is 5.91 Å². The Labute approximate surface area is 128 Å². The maximum Gasteiger partial charge on any atom is 0.252 e. The average Bonchev–Trinajstić information content (AvgIpc) is 3.10. The molecule has 0 radical (unpaired) electrons. The van der Waals surface area contributed by atoms with Gasteiger partial charge >= 0.3 is 0 Å². The molecule has 2 rings (SSSR count). The number of alkyl halides is 1. The van der Waals surface area contributed by atoms with E-state index >= 15 is 0 Å². The first-order valence-corrected chi connectivity index (χ1v) is 7.93. The Morgan fingerprint density at radius 2 is 2.24 bits per heavy atom. The zero-order chi connectivity index (χ0) is 12.5. The molecule has 1 N–H and O–H groups in total. The van der Waals surface area contributed by atoms with Crippen molar-refractivity contribution < 1.29 is 4.79 Å². The van der Waals surface area contributed by atoms with Crippen LogP contribution >= 0.6 is 50.1 Å². The van der Waals surface area contributed by atoms with Crippen LogP contribution in [0, 0.1) is 8.99 Å². The van der Waals surface area contributed by atoms with E-state index in [-0.39, 0.29) is 5.91 Å². The molecule has 0 aromatic heterocycles. The molecule has 17 heavy (non-hydrogen) atoms. The molecular weight excluding hydrogens is 416 g/mol. The van der Waals surface area contributed by atoms with E-state index in [9.17, 15) is 4.79 Å². The van der Waals surface area contributed by atoms with Gasteiger partial charge in [0, 0.05) is 20.5 Å². The summed E-state index contributed by atoms with van der Waals surface area (Å²) in [5, 5.41) is 4.53. The Balaban J connectivity index is 2.02. The van der Waals surface area contributed by atoms with Crippen LogP contribution in [0.15, 0.2) is 18.2 Å². The Hall–Kier alpha value is 0.190. The zero-order valence-electron chi connectivity index (χ0n) is 9.10. The average molecular weight is 428 g/mol. The molecule has 1 aliphatic carbocycles. The molecule has 0 bridgehead atoms. The van der Waals surface area contributed by atoms with Crippen molar-refractivity contribution in [3.63, 3.8) is 0 Å². The second-order valence-electron chi connectivity index (χ2n) is 4.44. The molecule has 1 aromatic carbocycles. The van der Waals surface area contributed by atoms with Crippen LogP contribution < -0.4 is 5.32 Å². The number of benzene rings is 1. The first kappa shape index (κ1) is 13.6. The van der Waals surface area contributed by atoms with Crippen LogP contribution in [0.4, 0.5) is 0 Å². The van der Waals surface area contributed by atoms with Crippen molar-refractivity contribution in [2.75, 3.05) is 11.9 Å². The van der Waals surface area contributed by atoms with Crippen LogP contribution in [-0.4, -0.2) is 17.8 Å². The molecule has 0 unspecified atom stereocenters. The van der Waals surface area contributed by atoms with Gasteiger partial charge in [-0.25, -0.2) is 0 Å². The summed E-state index contributed by atoms with van der Waals surface area (Å²) in [5.41, 5.74) is 0.947. The van der Waals surface area contributed by atoms with E-state index in [1.54, 1.807) is 12.1 Å². The lowest BCUT2D eigenvalue weighted by Gasteiger charge is -2.13. The molecule has 0 atom stereocenters.